The van der Waals surface area contributed by atoms with Gasteiger partial charge < -0.3 is 20.1 Å². The van der Waals surface area contributed by atoms with Crippen LogP contribution >= 0.6 is 0 Å². The molecule has 0 radical (unpaired) electrons. The summed E-state index contributed by atoms with van der Waals surface area (Å²) >= 11 is 0. The molecule has 1 aliphatic heterocycles. The second-order valence-corrected chi connectivity index (χ2v) is 2.48. The largest absolute Gasteiger partial charge is 0.457 e. The fourth-order valence-corrected chi connectivity index (χ4v) is 1.00. The van der Waals surface area contributed by atoms with E-state index in [2.05, 4.69) is 4.74 Å². The number of aliphatic hydroxyl groups is 3. The van der Waals surface area contributed by atoms with Crippen molar-refractivity contribution in [2.75, 3.05) is 6.61 Å². The number of cyclic esters (lactones) is 1. The number of aliphatic hydroxyl groups excluding tert-OH is 3. The van der Waals surface area contributed by atoms with Gasteiger partial charge in [-0.15, -0.1) is 0 Å². The van der Waals surface area contributed by atoms with Gasteiger partial charge in [0.25, 0.3) is 0 Å². The maximum atomic E-state index is 10.5. The van der Waals surface area contributed by atoms with E-state index < -0.39 is 30.9 Å². The Labute approximate surface area is 63.2 Å². The van der Waals surface area contributed by atoms with Crippen molar-refractivity contribution in [1.29, 1.82) is 0 Å². The van der Waals surface area contributed by atoms with Crippen molar-refractivity contribution in [1.82, 2.24) is 0 Å². The average molecular weight is 162 g/mol. The molecule has 1 heterocycles. The first-order chi connectivity index (χ1) is 5.15. The smallest absolute Gasteiger partial charge is 0.309 e. The average Bonchev–Trinajstić information content (AvgIpc) is 2.28. The molecule has 64 valence electrons. The summed E-state index contributed by atoms with van der Waals surface area (Å²) < 4.78 is 4.53. The minimum atomic E-state index is -1.18. The van der Waals surface area contributed by atoms with Gasteiger partial charge in [-0.3, -0.25) is 4.79 Å². The van der Waals surface area contributed by atoms with Crippen molar-refractivity contribution in [3.05, 3.63) is 0 Å². The summed E-state index contributed by atoms with van der Waals surface area (Å²) in [5, 5.41) is 26.4. The molecule has 0 aromatic carbocycles. The van der Waals surface area contributed by atoms with Crippen molar-refractivity contribution in [2.24, 2.45) is 0 Å². The second-order valence-electron chi connectivity index (χ2n) is 2.48. The predicted octanol–water partition coefficient (Wildman–Crippen LogP) is -1.98. The lowest BCUT2D eigenvalue weighted by molar-refractivity contribution is -0.147. The quantitative estimate of drug-likeness (QED) is 0.409. The van der Waals surface area contributed by atoms with E-state index in [1.165, 1.54) is 0 Å². The summed E-state index contributed by atoms with van der Waals surface area (Å²) in [7, 11) is 0. The molecule has 0 aromatic rings. The van der Waals surface area contributed by atoms with E-state index >= 15 is 0 Å². The topological polar surface area (TPSA) is 87.0 Å². The molecule has 5 heteroatoms. The van der Waals surface area contributed by atoms with Crippen LogP contribution in [0.15, 0.2) is 0 Å². The first-order valence-electron chi connectivity index (χ1n) is 3.31. The Kier molecular flexibility index (Phi) is 2.43. The van der Waals surface area contributed by atoms with E-state index in [4.69, 9.17) is 15.3 Å². The number of hydrogen-bond acceptors (Lipinski definition) is 5. The predicted molar refractivity (Wildman–Crippen MR) is 33.6 cm³/mol. The molecule has 11 heavy (non-hydrogen) atoms. The number of carbonyl (C=O) groups is 1. The number of carbonyl (C=O) groups excluding carboxylic acids is 1. The van der Waals surface area contributed by atoms with Gasteiger partial charge in [0, 0.05) is 0 Å². The minimum absolute atomic E-state index is 0.109. The summed E-state index contributed by atoms with van der Waals surface area (Å²) in [4.78, 5) is 10.5. The van der Waals surface area contributed by atoms with Crippen LogP contribution in [0.4, 0.5) is 0 Å². The normalized spacial score (nSPS) is 33.5. The highest BCUT2D eigenvalue weighted by atomic mass is 16.6. The first-order valence-corrected chi connectivity index (χ1v) is 3.31. The van der Waals surface area contributed by atoms with E-state index in [-0.39, 0.29) is 6.42 Å². The van der Waals surface area contributed by atoms with E-state index in [0.717, 1.165) is 0 Å². The van der Waals surface area contributed by atoms with Crippen LogP contribution in [-0.2, 0) is 9.53 Å². The van der Waals surface area contributed by atoms with Crippen molar-refractivity contribution < 1.29 is 24.9 Å². The van der Waals surface area contributed by atoms with Gasteiger partial charge in [0.1, 0.15) is 12.2 Å². The van der Waals surface area contributed by atoms with Crippen LogP contribution in [0, 0.1) is 0 Å². The standard InChI is InChI=1S/C6H10O5/c7-2-4(9)6-3(8)1-5(10)11-6/h3-4,6-9H,1-2H2/t3-,4+,6-/m1/s1. The highest BCUT2D eigenvalue weighted by molar-refractivity contribution is 5.72. The Bertz CT molecular complexity index is 157. The SMILES string of the molecule is O=C1C[C@@H](O)[C@H]([C@@H](O)CO)O1. The molecular formula is C6H10O5. The summed E-state index contributed by atoms with van der Waals surface area (Å²) in [6.45, 7) is -0.519. The van der Waals surface area contributed by atoms with Crippen LogP contribution in [0.3, 0.4) is 0 Å². The fraction of sp³-hybridized carbons (Fsp3) is 0.833. The molecule has 5 nitrogen and oxygen atoms in total. The van der Waals surface area contributed by atoms with Crippen molar-refractivity contribution in [3.8, 4) is 0 Å². The molecule has 1 aliphatic rings. The number of hydrogen-bond donors (Lipinski definition) is 3. The second kappa shape index (κ2) is 3.17. The van der Waals surface area contributed by atoms with E-state index in [0.29, 0.717) is 0 Å². The van der Waals surface area contributed by atoms with E-state index in [1.54, 1.807) is 0 Å². The molecule has 3 atom stereocenters. The zero-order valence-corrected chi connectivity index (χ0v) is 5.80. The van der Waals surface area contributed by atoms with Gasteiger partial charge in [-0.1, -0.05) is 0 Å². The van der Waals surface area contributed by atoms with Gasteiger partial charge in [-0.25, -0.2) is 0 Å². The van der Waals surface area contributed by atoms with Crippen LogP contribution in [0.25, 0.3) is 0 Å². The summed E-state index contributed by atoms with van der Waals surface area (Å²) in [5.41, 5.74) is 0. The Morgan fingerprint density at radius 2 is 2.36 bits per heavy atom. The van der Waals surface area contributed by atoms with E-state index in [1.807, 2.05) is 0 Å². The summed E-state index contributed by atoms with van der Waals surface area (Å²) in [6.07, 6.45) is -3.25. The van der Waals surface area contributed by atoms with Crippen LogP contribution in [0.1, 0.15) is 6.42 Å². The molecular weight excluding hydrogens is 152 g/mol. The maximum Gasteiger partial charge on any atom is 0.309 e. The Morgan fingerprint density at radius 1 is 1.73 bits per heavy atom. The molecule has 1 saturated heterocycles. The Balaban J connectivity index is 2.52. The van der Waals surface area contributed by atoms with Gasteiger partial charge in [-0.2, -0.15) is 0 Å². The number of ether oxygens (including phenoxy) is 1. The fourth-order valence-electron chi connectivity index (χ4n) is 1.00. The van der Waals surface area contributed by atoms with Gasteiger partial charge in [0.15, 0.2) is 6.10 Å². The highest BCUT2D eigenvalue weighted by Crippen LogP contribution is 2.17. The number of esters is 1. The first kappa shape index (κ1) is 8.45. The molecule has 0 aromatic heterocycles. The molecule has 0 aliphatic carbocycles. The molecule has 0 bridgehead atoms. The molecule has 0 amide bonds. The summed E-state index contributed by atoms with van der Waals surface area (Å²) in [6, 6.07) is 0. The third-order valence-electron chi connectivity index (χ3n) is 1.59. The lowest BCUT2D eigenvalue weighted by Crippen LogP contribution is -2.36. The van der Waals surface area contributed by atoms with Gasteiger partial charge in [-0.05, 0) is 0 Å². The molecule has 1 fully saturated rings. The van der Waals surface area contributed by atoms with Crippen LogP contribution in [0.5, 0.6) is 0 Å². The molecule has 0 spiro atoms. The van der Waals surface area contributed by atoms with Crippen molar-refractivity contribution in [3.63, 3.8) is 0 Å². The number of rotatable bonds is 2. The summed E-state index contributed by atoms with van der Waals surface area (Å²) in [5.74, 6) is -0.546. The van der Waals surface area contributed by atoms with Crippen LogP contribution < -0.4 is 0 Å². The monoisotopic (exact) mass is 162 g/mol. The molecule has 1 rings (SSSR count). The van der Waals surface area contributed by atoms with Gasteiger partial charge in [0.05, 0.1) is 13.0 Å². The van der Waals surface area contributed by atoms with Crippen molar-refractivity contribution in [2.45, 2.75) is 24.7 Å². The lowest BCUT2D eigenvalue weighted by atomic mass is 10.1. The van der Waals surface area contributed by atoms with Crippen LogP contribution in [-0.4, -0.2) is 46.2 Å². The Morgan fingerprint density at radius 3 is 2.73 bits per heavy atom. The Hall–Kier alpha value is -0.650. The maximum absolute atomic E-state index is 10.5. The molecule has 3 N–H and O–H groups in total. The zero-order valence-electron chi connectivity index (χ0n) is 5.80. The third kappa shape index (κ3) is 1.68. The molecule has 0 saturated carbocycles. The van der Waals surface area contributed by atoms with Crippen molar-refractivity contribution >= 4 is 5.97 Å². The lowest BCUT2D eigenvalue weighted by Gasteiger charge is -2.16. The van der Waals surface area contributed by atoms with Crippen LogP contribution in [0.2, 0.25) is 0 Å². The molecule has 0 unspecified atom stereocenters. The van der Waals surface area contributed by atoms with E-state index in [9.17, 15) is 4.79 Å². The minimum Gasteiger partial charge on any atom is -0.457 e. The third-order valence-corrected chi connectivity index (χ3v) is 1.59. The van der Waals surface area contributed by atoms with Gasteiger partial charge in [0.2, 0.25) is 0 Å². The zero-order chi connectivity index (χ0) is 8.43. The highest BCUT2D eigenvalue weighted by Gasteiger charge is 2.37. The van der Waals surface area contributed by atoms with Gasteiger partial charge >= 0.3 is 5.97 Å².